The second kappa shape index (κ2) is 7.56. The summed E-state index contributed by atoms with van der Waals surface area (Å²) in [5, 5.41) is 5.07. The molecule has 0 atom stereocenters. The second-order valence-electron chi connectivity index (χ2n) is 6.56. The molecule has 0 saturated carbocycles. The maximum atomic E-state index is 11.1. The van der Waals surface area contributed by atoms with Gasteiger partial charge in [0.2, 0.25) is 10.0 Å². The summed E-state index contributed by atoms with van der Waals surface area (Å²) in [7, 11) is 0.892. The summed E-state index contributed by atoms with van der Waals surface area (Å²) in [5.74, 6) is 0.902. The first-order valence-corrected chi connectivity index (χ1v) is 10.2. The van der Waals surface area contributed by atoms with Crippen LogP contribution in [0.15, 0.2) is 28.9 Å². The highest BCUT2D eigenvalue weighted by Crippen LogP contribution is 2.26. The zero-order valence-electron chi connectivity index (χ0n) is 15.1. The highest BCUT2D eigenvalue weighted by atomic mass is 32.2. The summed E-state index contributed by atoms with van der Waals surface area (Å²) in [6.45, 7) is 1.21. The van der Waals surface area contributed by atoms with Gasteiger partial charge < -0.3 is 14.4 Å². The van der Waals surface area contributed by atoms with E-state index in [0.717, 1.165) is 35.7 Å². The van der Waals surface area contributed by atoms with Gasteiger partial charge in [-0.3, -0.25) is 0 Å². The standard InChI is InChI=1S/C17H23N5O3S/c1-22(2)9-7-13-11-18-15-5-4-12(10-14(13)15)17-20-16(21-25-17)6-8-19-26(3,23)24/h4-5,10-11,18-19H,6-9H2,1-3H3. The molecular formula is C17H23N5O3S. The van der Waals surface area contributed by atoms with Gasteiger partial charge in [0.1, 0.15) is 0 Å². The maximum Gasteiger partial charge on any atom is 0.257 e. The molecule has 0 amide bonds. The predicted octanol–water partition coefficient (Wildman–Crippen LogP) is 1.41. The molecule has 26 heavy (non-hydrogen) atoms. The molecule has 0 aliphatic heterocycles. The zero-order chi connectivity index (χ0) is 18.7. The third-order valence-electron chi connectivity index (χ3n) is 4.02. The molecule has 1 aromatic carbocycles. The fraction of sp³-hybridized carbons (Fsp3) is 0.412. The highest BCUT2D eigenvalue weighted by molar-refractivity contribution is 7.88. The van der Waals surface area contributed by atoms with Crippen molar-refractivity contribution in [3.63, 3.8) is 0 Å². The van der Waals surface area contributed by atoms with Crippen LogP contribution in [0.2, 0.25) is 0 Å². The lowest BCUT2D eigenvalue weighted by Crippen LogP contribution is -2.24. The Bertz CT molecular complexity index is 991. The van der Waals surface area contributed by atoms with Gasteiger partial charge >= 0.3 is 0 Å². The number of sulfonamides is 1. The molecule has 3 aromatic rings. The van der Waals surface area contributed by atoms with E-state index in [9.17, 15) is 8.42 Å². The summed E-state index contributed by atoms with van der Waals surface area (Å²) in [6.07, 6.45) is 4.47. The number of rotatable bonds is 8. The molecule has 0 unspecified atom stereocenters. The Morgan fingerprint density at radius 2 is 2.08 bits per heavy atom. The molecule has 9 heteroatoms. The largest absolute Gasteiger partial charge is 0.361 e. The number of likely N-dealkylation sites (N-methyl/N-ethyl adjacent to an activating group) is 1. The molecule has 2 N–H and O–H groups in total. The Kier molecular flexibility index (Phi) is 5.40. The molecule has 0 bridgehead atoms. The molecule has 8 nitrogen and oxygen atoms in total. The molecule has 0 aliphatic rings. The van der Waals surface area contributed by atoms with Crippen LogP contribution >= 0.6 is 0 Å². The van der Waals surface area contributed by atoms with E-state index >= 15 is 0 Å². The van der Waals surface area contributed by atoms with Crippen LogP contribution in [0.5, 0.6) is 0 Å². The molecule has 2 heterocycles. The molecule has 0 radical (unpaired) electrons. The number of fused-ring (bicyclic) bond motifs is 1. The van der Waals surface area contributed by atoms with E-state index in [1.165, 1.54) is 5.56 Å². The first-order valence-electron chi connectivity index (χ1n) is 8.34. The van der Waals surface area contributed by atoms with Crippen molar-refractivity contribution in [1.29, 1.82) is 0 Å². The van der Waals surface area contributed by atoms with Crippen LogP contribution in [0.3, 0.4) is 0 Å². The maximum absolute atomic E-state index is 11.1. The summed E-state index contributed by atoms with van der Waals surface area (Å²) in [6, 6.07) is 5.97. The number of hydrogen-bond acceptors (Lipinski definition) is 6. The molecule has 0 spiro atoms. The molecular weight excluding hydrogens is 354 g/mol. The smallest absolute Gasteiger partial charge is 0.257 e. The Balaban J connectivity index is 1.76. The normalized spacial score (nSPS) is 12.3. The summed E-state index contributed by atoms with van der Waals surface area (Å²) in [4.78, 5) is 9.80. The number of nitrogens with zero attached hydrogens (tertiary/aromatic N) is 3. The van der Waals surface area contributed by atoms with Gasteiger partial charge in [-0.25, -0.2) is 13.1 Å². The van der Waals surface area contributed by atoms with E-state index in [2.05, 4.69) is 38.8 Å². The molecule has 0 aliphatic carbocycles. The van der Waals surface area contributed by atoms with Crippen molar-refractivity contribution in [2.75, 3.05) is 33.4 Å². The van der Waals surface area contributed by atoms with E-state index in [1.807, 2.05) is 24.4 Å². The zero-order valence-corrected chi connectivity index (χ0v) is 15.9. The Morgan fingerprint density at radius 3 is 2.81 bits per heavy atom. The van der Waals surface area contributed by atoms with Crippen molar-refractivity contribution in [1.82, 2.24) is 24.7 Å². The van der Waals surface area contributed by atoms with Gasteiger partial charge in [-0.1, -0.05) is 5.16 Å². The summed E-state index contributed by atoms with van der Waals surface area (Å²) < 4.78 is 29.9. The van der Waals surface area contributed by atoms with Crippen LogP contribution in [0.25, 0.3) is 22.4 Å². The monoisotopic (exact) mass is 377 g/mol. The van der Waals surface area contributed by atoms with E-state index in [1.54, 1.807) is 0 Å². The van der Waals surface area contributed by atoms with Gasteiger partial charge in [-0.2, -0.15) is 4.98 Å². The van der Waals surface area contributed by atoms with Gasteiger partial charge in [0.15, 0.2) is 5.82 Å². The van der Waals surface area contributed by atoms with Gasteiger partial charge in [-0.15, -0.1) is 0 Å². The van der Waals surface area contributed by atoms with Crippen molar-refractivity contribution < 1.29 is 12.9 Å². The molecule has 2 aromatic heterocycles. The number of aromatic nitrogens is 3. The van der Waals surface area contributed by atoms with E-state index < -0.39 is 10.0 Å². The minimum Gasteiger partial charge on any atom is -0.361 e. The minimum absolute atomic E-state index is 0.239. The van der Waals surface area contributed by atoms with E-state index in [0.29, 0.717) is 18.1 Å². The molecule has 3 rings (SSSR count). The van der Waals surface area contributed by atoms with Gasteiger partial charge in [0.05, 0.1) is 6.26 Å². The fourth-order valence-corrected chi connectivity index (χ4v) is 3.16. The van der Waals surface area contributed by atoms with Crippen LogP contribution in [0.1, 0.15) is 11.4 Å². The van der Waals surface area contributed by atoms with Crippen molar-refractivity contribution in [2.24, 2.45) is 0 Å². The summed E-state index contributed by atoms with van der Waals surface area (Å²) in [5.41, 5.74) is 3.16. The molecule has 0 fully saturated rings. The third-order valence-corrected chi connectivity index (χ3v) is 4.75. The second-order valence-corrected chi connectivity index (χ2v) is 8.39. The van der Waals surface area contributed by atoms with Gasteiger partial charge in [0, 0.05) is 42.2 Å². The van der Waals surface area contributed by atoms with Crippen molar-refractivity contribution in [3.8, 4) is 11.5 Å². The van der Waals surface area contributed by atoms with E-state index in [4.69, 9.17) is 4.52 Å². The predicted molar refractivity (Wildman–Crippen MR) is 100 cm³/mol. The van der Waals surface area contributed by atoms with Crippen LogP contribution < -0.4 is 4.72 Å². The van der Waals surface area contributed by atoms with Crippen LogP contribution in [0.4, 0.5) is 0 Å². The Labute approximate surface area is 152 Å². The van der Waals surface area contributed by atoms with Gasteiger partial charge in [0.25, 0.3) is 5.89 Å². The lowest BCUT2D eigenvalue weighted by molar-refractivity contribution is 0.414. The SMILES string of the molecule is CN(C)CCc1c[nH]c2ccc(-c3nc(CCNS(C)(=O)=O)no3)cc12. The van der Waals surface area contributed by atoms with Crippen LogP contribution in [-0.4, -0.2) is 61.9 Å². The molecule has 0 saturated heterocycles. The average molecular weight is 377 g/mol. The Morgan fingerprint density at radius 1 is 1.27 bits per heavy atom. The highest BCUT2D eigenvalue weighted by Gasteiger charge is 2.12. The number of aromatic amines is 1. The summed E-state index contributed by atoms with van der Waals surface area (Å²) >= 11 is 0. The minimum atomic E-state index is -3.22. The lowest BCUT2D eigenvalue weighted by Gasteiger charge is -2.08. The van der Waals surface area contributed by atoms with Crippen LogP contribution in [0, 0.1) is 0 Å². The quantitative estimate of drug-likeness (QED) is 0.615. The van der Waals surface area contributed by atoms with Crippen molar-refractivity contribution >= 4 is 20.9 Å². The molecule has 140 valence electrons. The average Bonchev–Trinajstić information content (AvgIpc) is 3.18. The van der Waals surface area contributed by atoms with Crippen molar-refractivity contribution in [2.45, 2.75) is 12.8 Å². The number of hydrogen-bond donors (Lipinski definition) is 2. The lowest BCUT2D eigenvalue weighted by atomic mass is 10.1. The topological polar surface area (TPSA) is 104 Å². The Hall–Kier alpha value is -2.23. The number of H-pyrrole nitrogens is 1. The first-order chi connectivity index (χ1) is 12.3. The van der Waals surface area contributed by atoms with Crippen LogP contribution in [-0.2, 0) is 22.9 Å². The fourth-order valence-electron chi connectivity index (χ4n) is 2.68. The first kappa shape index (κ1) is 18.6. The van der Waals surface area contributed by atoms with E-state index in [-0.39, 0.29) is 6.54 Å². The number of nitrogens with one attached hydrogen (secondary N) is 2. The van der Waals surface area contributed by atoms with Gasteiger partial charge in [-0.05, 0) is 44.3 Å². The van der Waals surface area contributed by atoms with Crippen molar-refractivity contribution in [3.05, 3.63) is 35.8 Å². The number of benzene rings is 1. The third kappa shape index (κ3) is 4.69.